The van der Waals surface area contributed by atoms with Gasteiger partial charge in [0.25, 0.3) is 5.91 Å². The lowest BCUT2D eigenvalue weighted by molar-refractivity contribution is 0.0671. The summed E-state index contributed by atoms with van der Waals surface area (Å²) in [6.07, 6.45) is 0.910. The maximum absolute atomic E-state index is 13.1. The van der Waals surface area contributed by atoms with E-state index in [-0.39, 0.29) is 11.9 Å². The summed E-state index contributed by atoms with van der Waals surface area (Å²) in [6, 6.07) is 15.9. The molecule has 0 fully saturated rings. The molecule has 0 aliphatic carbocycles. The summed E-state index contributed by atoms with van der Waals surface area (Å²) in [6.45, 7) is 7.58. The van der Waals surface area contributed by atoms with Crippen molar-refractivity contribution in [3.8, 4) is 0 Å². The summed E-state index contributed by atoms with van der Waals surface area (Å²) in [5, 5.41) is 8.30. The summed E-state index contributed by atoms with van der Waals surface area (Å²) < 4.78 is 1.83. The number of fused-ring (bicyclic) bond motifs is 1. The number of aromatic nitrogens is 3. The van der Waals surface area contributed by atoms with E-state index >= 15 is 0 Å². The fourth-order valence-corrected chi connectivity index (χ4v) is 2.93. The first-order chi connectivity index (χ1) is 12.1. The minimum Gasteiger partial charge on any atom is -0.332 e. The van der Waals surface area contributed by atoms with Crippen LogP contribution in [0, 0.1) is 0 Å². The van der Waals surface area contributed by atoms with Crippen LogP contribution in [-0.4, -0.2) is 31.8 Å². The molecule has 5 nitrogen and oxygen atoms in total. The Morgan fingerprint density at radius 1 is 1.16 bits per heavy atom. The molecular formula is C20H24N4O. The quantitative estimate of drug-likeness (QED) is 0.686. The molecule has 0 aliphatic rings. The summed E-state index contributed by atoms with van der Waals surface area (Å²) in [5.74, 6) is 0.0335. The number of amides is 1. The standard InChI is InChI=1S/C20H24N4O/c1-4-15(3)23(14-16-9-7-6-8-10-16)20(25)17-11-12-19-18(13-17)21-22-24(19)5-2/h6-13,15H,4-5,14H2,1-3H3. The molecule has 5 heteroatoms. The maximum atomic E-state index is 13.1. The number of benzene rings is 2. The lowest BCUT2D eigenvalue weighted by Crippen LogP contribution is -2.37. The number of hydrogen-bond donors (Lipinski definition) is 0. The molecule has 3 rings (SSSR count). The van der Waals surface area contributed by atoms with Gasteiger partial charge in [0.15, 0.2) is 0 Å². The topological polar surface area (TPSA) is 51.0 Å². The van der Waals surface area contributed by atoms with Gasteiger partial charge in [-0.25, -0.2) is 4.68 Å². The molecule has 1 aromatic heterocycles. The van der Waals surface area contributed by atoms with Gasteiger partial charge >= 0.3 is 0 Å². The number of nitrogens with zero attached hydrogens (tertiary/aromatic N) is 4. The highest BCUT2D eigenvalue weighted by molar-refractivity contribution is 5.97. The minimum atomic E-state index is 0.0335. The highest BCUT2D eigenvalue weighted by atomic mass is 16.2. The zero-order chi connectivity index (χ0) is 17.8. The van der Waals surface area contributed by atoms with E-state index in [1.807, 2.05) is 52.9 Å². The van der Waals surface area contributed by atoms with Crippen molar-refractivity contribution in [1.82, 2.24) is 19.9 Å². The van der Waals surface area contributed by atoms with Gasteiger partial charge in [0.2, 0.25) is 0 Å². The van der Waals surface area contributed by atoms with Crippen LogP contribution in [0.5, 0.6) is 0 Å². The predicted octanol–water partition coefficient (Wildman–Crippen LogP) is 3.89. The Bertz CT molecular complexity index is 857. The van der Waals surface area contributed by atoms with Crippen molar-refractivity contribution in [2.75, 3.05) is 0 Å². The van der Waals surface area contributed by atoms with Crippen molar-refractivity contribution < 1.29 is 4.79 Å². The lowest BCUT2D eigenvalue weighted by Gasteiger charge is -2.29. The van der Waals surface area contributed by atoms with Crippen molar-refractivity contribution in [3.05, 3.63) is 59.7 Å². The van der Waals surface area contributed by atoms with E-state index in [1.165, 1.54) is 0 Å². The fraction of sp³-hybridized carbons (Fsp3) is 0.350. The maximum Gasteiger partial charge on any atom is 0.254 e. The van der Waals surface area contributed by atoms with Gasteiger partial charge in [0.1, 0.15) is 5.52 Å². The second-order valence-electron chi connectivity index (χ2n) is 6.28. The largest absolute Gasteiger partial charge is 0.332 e. The molecule has 1 unspecified atom stereocenters. The molecular weight excluding hydrogens is 312 g/mol. The Hall–Kier alpha value is -2.69. The van der Waals surface area contributed by atoms with Crippen LogP contribution in [0.15, 0.2) is 48.5 Å². The van der Waals surface area contributed by atoms with Gasteiger partial charge in [0, 0.05) is 24.7 Å². The van der Waals surface area contributed by atoms with Gasteiger partial charge in [-0.15, -0.1) is 5.10 Å². The van der Waals surface area contributed by atoms with Crippen LogP contribution in [-0.2, 0) is 13.1 Å². The molecule has 0 spiro atoms. The number of carbonyl (C=O) groups excluding carboxylic acids is 1. The molecule has 0 N–H and O–H groups in total. The first-order valence-corrected chi connectivity index (χ1v) is 8.82. The number of carbonyl (C=O) groups is 1. The molecule has 3 aromatic rings. The first-order valence-electron chi connectivity index (χ1n) is 8.82. The van der Waals surface area contributed by atoms with Crippen LogP contribution in [0.2, 0.25) is 0 Å². The fourth-order valence-electron chi connectivity index (χ4n) is 2.93. The Morgan fingerprint density at radius 3 is 2.60 bits per heavy atom. The molecule has 25 heavy (non-hydrogen) atoms. The molecule has 1 heterocycles. The van der Waals surface area contributed by atoms with Gasteiger partial charge in [-0.05, 0) is 44.0 Å². The van der Waals surface area contributed by atoms with Gasteiger partial charge in [-0.3, -0.25) is 4.79 Å². The normalized spacial score (nSPS) is 12.3. The molecule has 0 saturated heterocycles. The number of hydrogen-bond acceptors (Lipinski definition) is 3. The number of rotatable bonds is 6. The second kappa shape index (κ2) is 7.47. The minimum absolute atomic E-state index is 0.0335. The van der Waals surface area contributed by atoms with E-state index in [0.717, 1.165) is 29.6 Å². The van der Waals surface area contributed by atoms with Crippen LogP contribution >= 0.6 is 0 Å². The molecule has 130 valence electrons. The molecule has 1 atom stereocenters. The molecule has 0 bridgehead atoms. The summed E-state index contributed by atoms with van der Waals surface area (Å²) in [7, 11) is 0. The smallest absolute Gasteiger partial charge is 0.254 e. The Labute approximate surface area is 148 Å². The average Bonchev–Trinajstić information content (AvgIpc) is 3.08. The Morgan fingerprint density at radius 2 is 1.92 bits per heavy atom. The van der Waals surface area contributed by atoms with E-state index in [1.54, 1.807) is 0 Å². The van der Waals surface area contributed by atoms with Crippen LogP contribution in [0.1, 0.15) is 43.1 Å². The van der Waals surface area contributed by atoms with Crippen LogP contribution in [0.25, 0.3) is 11.0 Å². The third kappa shape index (κ3) is 3.55. The third-order valence-electron chi connectivity index (χ3n) is 4.64. The SMILES string of the molecule is CCC(C)N(Cc1ccccc1)C(=O)c1ccc2c(c1)nnn2CC. The predicted molar refractivity (Wildman–Crippen MR) is 99.3 cm³/mol. The zero-order valence-corrected chi connectivity index (χ0v) is 15.0. The van der Waals surface area contributed by atoms with Crippen molar-refractivity contribution in [3.63, 3.8) is 0 Å². The van der Waals surface area contributed by atoms with Gasteiger partial charge < -0.3 is 4.90 Å². The highest BCUT2D eigenvalue weighted by Crippen LogP contribution is 2.19. The van der Waals surface area contributed by atoms with Gasteiger partial charge in [0.05, 0.1) is 5.52 Å². The average molecular weight is 336 g/mol. The zero-order valence-electron chi connectivity index (χ0n) is 15.0. The molecule has 1 amide bonds. The van der Waals surface area contributed by atoms with Gasteiger partial charge in [-0.2, -0.15) is 0 Å². The Kier molecular flexibility index (Phi) is 5.12. The lowest BCUT2D eigenvalue weighted by atomic mass is 10.1. The summed E-state index contributed by atoms with van der Waals surface area (Å²) in [4.78, 5) is 15.1. The van der Waals surface area contributed by atoms with Crippen LogP contribution < -0.4 is 0 Å². The van der Waals surface area contributed by atoms with Crippen molar-refractivity contribution in [1.29, 1.82) is 0 Å². The summed E-state index contributed by atoms with van der Waals surface area (Å²) in [5.41, 5.74) is 3.51. The molecule has 0 radical (unpaired) electrons. The second-order valence-corrected chi connectivity index (χ2v) is 6.28. The van der Waals surface area contributed by atoms with E-state index < -0.39 is 0 Å². The third-order valence-corrected chi connectivity index (χ3v) is 4.64. The van der Waals surface area contributed by atoms with Crippen LogP contribution in [0.3, 0.4) is 0 Å². The molecule has 0 aliphatic heterocycles. The van der Waals surface area contributed by atoms with Crippen LogP contribution in [0.4, 0.5) is 0 Å². The summed E-state index contributed by atoms with van der Waals surface area (Å²) >= 11 is 0. The number of aryl methyl sites for hydroxylation is 1. The van der Waals surface area contributed by atoms with E-state index in [4.69, 9.17) is 0 Å². The van der Waals surface area contributed by atoms with E-state index in [9.17, 15) is 4.79 Å². The monoisotopic (exact) mass is 336 g/mol. The van der Waals surface area contributed by atoms with E-state index in [2.05, 4.69) is 36.3 Å². The van der Waals surface area contributed by atoms with E-state index in [0.29, 0.717) is 12.1 Å². The first kappa shape index (κ1) is 17.1. The van der Waals surface area contributed by atoms with Gasteiger partial charge in [-0.1, -0.05) is 42.5 Å². The van der Waals surface area contributed by atoms with Crippen molar-refractivity contribution in [2.45, 2.75) is 46.3 Å². The van der Waals surface area contributed by atoms with Crippen molar-refractivity contribution >= 4 is 16.9 Å². The highest BCUT2D eigenvalue weighted by Gasteiger charge is 2.21. The molecule has 2 aromatic carbocycles. The molecule has 0 saturated carbocycles. The Balaban J connectivity index is 1.91. The van der Waals surface area contributed by atoms with Crippen molar-refractivity contribution in [2.24, 2.45) is 0 Å².